The summed E-state index contributed by atoms with van der Waals surface area (Å²) in [4.78, 5) is 0. The standard InChI is InChI=1S/C8H11FIN/c1-5(2)6-4-11(3)8(9)7(6)10/h4-5H,1-3H3. The summed E-state index contributed by atoms with van der Waals surface area (Å²) in [6.07, 6.45) is 1.85. The van der Waals surface area contributed by atoms with Crippen molar-refractivity contribution in [2.24, 2.45) is 7.05 Å². The lowest BCUT2D eigenvalue weighted by atomic mass is 10.1. The molecule has 1 heterocycles. The van der Waals surface area contributed by atoms with Crippen LogP contribution in [0.25, 0.3) is 0 Å². The Balaban J connectivity index is 3.19. The highest BCUT2D eigenvalue weighted by Gasteiger charge is 2.12. The van der Waals surface area contributed by atoms with Crippen LogP contribution in [0.4, 0.5) is 4.39 Å². The molecule has 0 aromatic carbocycles. The Morgan fingerprint density at radius 3 is 2.27 bits per heavy atom. The Kier molecular flexibility index (Phi) is 2.57. The van der Waals surface area contributed by atoms with Crippen LogP contribution in [0.15, 0.2) is 6.20 Å². The minimum Gasteiger partial charge on any atom is -0.327 e. The van der Waals surface area contributed by atoms with Gasteiger partial charge in [-0.05, 0) is 34.1 Å². The molecule has 0 aliphatic carbocycles. The summed E-state index contributed by atoms with van der Waals surface area (Å²) < 4.78 is 15.3. The van der Waals surface area contributed by atoms with Crippen molar-refractivity contribution in [2.45, 2.75) is 19.8 Å². The molecule has 0 saturated heterocycles. The van der Waals surface area contributed by atoms with Crippen molar-refractivity contribution in [2.75, 3.05) is 0 Å². The van der Waals surface area contributed by atoms with Crippen LogP contribution in [0.3, 0.4) is 0 Å². The highest BCUT2D eigenvalue weighted by Crippen LogP contribution is 2.24. The predicted molar refractivity (Wildman–Crippen MR) is 52.2 cm³/mol. The topological polar surface area (TPSA) is 4.93 Å². The third-order valence-corrected chi connectivity index (χ3v) is 2.77. The maximum Gasteiger partial charge on any atom is 0.207 e. The second-order valence-corrected chi connectivity index (χ2v) is 4.03. The Hall–Kier alpha value is -0.0600. The molecule has 1 aromatic rings. The first-order valence-electron chi connectivity index (χ1n) is 3.54. The smallest absolute Gasteiger partial charge is 0.207 e. The van der Waals surface area contributed by atoms with Crippen LogP contribution in [0.2, 0.25) is 0 Å². The van der Waals surface area contributed by atoms with Crippen LogP contribution in [0.5, 0.6) is 0 Å². The molecule has 1 rings (SSSR count). The average Bonchev–Trinajstić information content (AvgIpc) is 2.17. The van der Waals surface area contributed by atoms with E-state index in [-0.39, 0.29) is 5.95 Å². The fourth-order valence-electron chi connectivity index (χ4n) is 0.998. The molecular weight excluding hydrogens is 256 g/mol. The van der Waals surface area contributed by atoms with E-state index in [1.807, 2.05) is 28.8 Å². The molecule has 0 unspecified atom stereocenters. The monoisotopic (exact) mass is 267 g/mol. The molecule has 0 radical (unpaired) electrons. The molecular formula is C8H11FIN. The normalized spacial score (nSPS) is 11.1. The fourth-order valence-corrected chi connectivity index (χ4v) is 2.14. The van der Waals surface area contributed by atoms with Crippen LogP contribution in [-0.4, -0.2) is 4.57 Å². The summed E-state index contributed by atoms with van der Waals surface area (Å²) in [6, 6.07) is 0. The first-order chi connectivity index (χ1) is 5.04. The van der Waals surface area contributed by atoms with Crippen molar-refractivity contribution in [1.29, 1.82) is 0 Å². The van der Waals surface area contributed by atoms with Gasteiger partial charge in [0.15, 0.2) is 0 Å². The molecule has 11 heavy (non-hydrogen) atoms. The van der Waals surface area contributed by atoms with E-state index in [4.69, 9.17) is 0 Å². The maximum atomic E-state index is 13.1. The van der Waals surface area contributed by atoms with Crippen molar-refractivity contribution in [3.8, 4) is 0 Å². The second-order valence-electron chi connectivity index (χ2n) is 2.95. The summed E-state index contributed by atoms with van der Waals surface area (Å²) in [6.45, 7) is 4.13. The number of hydrogen-bond acceptors (Lipinski definition) is 0. The zero-order valence-electron chi connectivity index (χ0n) is 6.86. The van der Waals surface area contributed by atoms with E-state index in [2.05, 4.69) is 13.8 Å². The summed E-state index contributed by atoms with van der Waals surface area (Å²) >= 11 is 2.05. The molecule has 0 fully saturated rings. The van der Waals surface area contributed by atoms with E-state index in [9.17, 15) is 4.39 Å². The van der Waals surface area contributed by atoms with Crippen molar-refractivity contribution < 1.29 is 4.39 Å². The van der Waals surface area contributed by atoms with E-state index < -0.39 is 0 Å². The third kappa shape index (κ3) is 1.58. The SMILES string of the molecule is CC(C)c1cn(C)c(F)c1I. The zero-order valence-corrected chi connectivity index (χ0v) is 9.02. The molecule has 0 aliphatic rings. The Bertz CT molecular complexity index is 265. The van der Waals surface area contributed by atoms with Gasteiger partial charge >= 0.3 is 0 Å². The number of hydrogen-bond donors (Lipinski definition) is 0. The highest BCUT2D eigenvalue weighted by molar-refractivity contribution is 14.1. The predicted octanol–water partition coefficient (Wildman–Crippen LogP) is 2.89. The van der Waals surface area contributed by atoms with Crippen LogP contribution >= 0.6 is 22.6 Å². The summed E-state index contributed by atoms with van der Waals surface area (Å²) in [5.41, 5.74) is 1.09. The maximum absolute atomic E-state index is 13.1. The molecule has 0 saturated carbocycles. The number of aryl methyl sites for hydroxylation is 1. The first-order valence-corrected chi connectivity index (χ1v) is 4.62. The molecule has 0 N–H and O–H groups in total. The van der Waals surface area contributed by atoms with E-state index in [1.165, 1.54) is 4.57 Å². The van der Waals surface area contributed by atoms with E-state index >= 15 is 0 Å². The molecule has 0 bridgehead atoms. The lowest BCUT2D eigenvalue weighted by Crippen LogP contribution is -1.89. The lowest BCUT2D eigenvalue weighted by Gasteiger charge is -1.99. The highest BCUT2D eigenvalue weighted by atomic mass is 127. The summed E-state index contributed by atoms with van der Waals surface area (Å²) in [7, 11) is 1.73. The number of aromatic nitrogens is 1. The van der Waals surface area contributed by atoms with Gasteiger partial charge in [-0.3, -0.25) is 0 Å². The Labute approximate surface area is 79.7 Å². The molecule has 0 spiro atoms. The Morgan fingerprint density at radius 1 is 1.55 bits per heavy atom. The zero-order chi connectivity index (χ0) is 8.59. The van der Waals surface area contributed by atoms with Crippen molar-refractivity contribution in [3.05, 3.63) is 21.3 Å². The molecule has 3 heteroatoms. The van der Waals surface area contributed by atoms with Gasteiger partial charge in [0.05, 0.1) is 3.57 Å². The first kappa shape index (κ1) is 9.03. The van der Waals surface area contributed by atoms with Gasteiger partial charge in [-0.1, -0.05) is 13.8 Å². The minimum absolute atomic E-state index is 0.130. The van der Waals surface area contributed by atoms with Crippen molar-refractivity contribution in [1.82, 2.24) is 4.57 Å². The van der Waals surface area contributed by atoms with Crippen molar-refractivity contribution in [3.63, 3.8) is 0 Å². The summed E-state index contributed by atoms with van der Waals surface area (Å²) in [5, 5.41) is 0. The van der Waals surface area contributed by atoms with Crippen molar-refractivity contribution >= 4 is 22.6 Å². The van der Waals surface area contributed by atoms with E-state index in [0.29, 0.717) is 5.92 Å². The third-order valence-electron chi connectivity index (χ3n) is 1.70. The lowest BCUT2D eigenvalue weighted by molar-refractivity contribution is 0.529. The quantitative estimate of drug-likeness (QED) is 0.689. The molecule has 0 aliphatic heterocycles. The van der Waals surface area contributed by atoms with E-state index in [0.717, 1.165) is 9.13 Å². The number of halogens is 2. The van der Waals surface area contributed by atoms with E-state index in [1.54, 1.807) is 7.05 Å². The largest absolute Gasteiger partial charge is 0.327 e. The van der Waals surface area contributed by atoms with Crippen LogP contribution in [0.1, 0.15) is 25.3 Å². The van der Waals surface area contributed by atoms with Crippen LogP contribution in [-0.2, 0) is 7.05 Å². The summed E-state index contributed by atoms with van der Waals surface area (Å²) in [5.74, 6) is 0.270. The molecule has 0 amide bonds. The van der Waals surface area contributed by atoms with Gasteiger partial charge in [-0.2, -0.15) is 4.39 Å². The minimum atomic E-state index is -0.130. The van der Waals surface area contributed by atoms with Gasteiger partial charge in [0.2, 0.25) is 5.95 Å². The van der Waals surface area contributed by atoms with Gasteiger partial charge in [-0.15, -0.1) is 0 Å². The van der Waals surface area contributed by atoms with Gasteiger partial charge < -0.3 is 4.57 Å². The molecule has 0 atom stereocenters. The van der Waals surface area contributed by atoms with Crippen LogP contribution < -0.4 is 0 Å². The van der Waals surface area contributed by atoms with Crippen LogP contribution in [0, 0.1) is 9.52 Å². The fraction of sp³-hybridized carbons (Fsp3) is 0.500. The second kappa shape index (κ2) is 3.13. The molecule has 1 aromatic heterocycles. The van der Waals surface area contributed by atoms with Gasteiger partial charge in [0.1, 0.15) is 0 Å². The van der Waals surface area contributed by atoms with Gasteiger partial charge in [0, 0.05) is 13.2 Å². The Morgan fingerprint density at radius 2 is 2.09 bits per heavy atom. The van der Waals surface area contributed by atoms with Gasteiger partial charge in [-0.25, -0.2) is 0 Å². The molecule has 62 valence electrons. The van der Waals surface area contributed by atoms with Gasteiger partial charge in [0.25, 0.3) is 0 Å². The average molecular weight is 267 g/mol. The number of rotatable bonds is 1. The molecule has 1 nitrogen and oxygen atoms in total. The number of nitrogens with zero attached hydrogens (tertiary/aromatic N) is 1.